The van der Waals surface area contributed by atoms with Crippen LogP contribution in [0.15, 0.2) is 60.7 Å². The van der Waals surface area contributed by atoms with Crippen LogP contribution in [0.3, 0.4) is 0 Å². The molecule has 0 aliphatic carbocycles. The Morgan fingerprint density at radius 2 is 1.37 bits per heavy atom. The summed E-state index contributed by atoms with van der Waals surface area (Å²) in [5.41, 5.74) is 0. The summed E-state index contributed by atoms with van der Waals surface area (Å²) < 4.78 is 0. The number of alkyl halides is 1. The van der Waals surface area contributed by atoms with E-state index in [-0.39, 0.29) is 0 Å². The van der Waals surface area contributed by atoms with Crippen LogP contribution in [0.25, 0.3) is 0 Å². The number of benzene rings is 2. The van der Waals surface area contributed by atoms with Crippen LogP contribution >= 0.6 is 11.6 Å². The van der Waals surface area contributed by atoms with Gasteiger partial charge in [0.05, 0.1) is 0 Å². The molecule has 0 saturated carbocycles. The minimum absolute atomic E-state index is 0.292. The second kappa shape index (κ2) is 6.18. The van der Waals surface area contributed by atoms with Crippen molar-refractivity contribution >= 4 is 35.5 Å². The van der Waals surface area contributed by atoms with Gasteiger partial charge < -0.3 is 4.79 Å². The molecule has 0 bridgehead atoms. The van der Waals surface area contributed by atoms with E-state index in [0.717, 1.165) is 10.4 Å². The van der Waals surface area contributed by atoms with Crippen molar-refractivity contribution < 1.29 is 4.79 Å². The molecule has 0 heterocycles. The predicted molar refractivity (Wildman–Crippen MR) is 84.1 cm³/mol. The zero-order valence-electron chi connectivity index (χ0n) is 11.0. The van der Waals surface area contributed by atoms with E-state index >= 15 is 0 Å². The van der Waals surface area contributed by atoms with Crippen molar-refractivity contribution in [2.24, 2.45) is 0 Å². The summed E-state index contributed by atoms with van der Waals surface area (Å²) in [4.78, 5) is 12.6. The molecule has 0 N–H and O–H groups in total. The molecule has 0 radical (unpaired) electrons. The lowest BCUT2D eigenvalue weighted by atomic mass is 10.4. The van der Waals surface area contributed by atoms with Gasteiger partial charge in [0.2, 0.25) is 0 Å². The smallest absolute Gasteiger partial charge is 0.190 e. The van der Waals surface area contributed by atoms with Gasteiger partial charge >= 0.3 is 0 Å². The number of halogens is 1. The standard InChI is InChI=1S/C16H17ClOSi/c1-19(16(18)12-13-17,14-8-4-2-5-9-14)15-10-6-3-7-11-15/h2-11H,12-13H2,1H3. The highest BCUT2D eigenvalue weighted by molar-refractivity contribution is 7.21. The third kappa shape index (κ3) is 2.80. The average Bonchev–Trinajstić information content (AvgIpc) is 2.48. The summed E-state index contributed by atoms with van der Waals surface area (Å²) in [7, 11) is -2.35. The highest BCUT2D eigenvalue weighted by Gasteiger charge is 2.38. The molecule has 0 aliphatic heterocycles. The van der Waals surface area contributed by atoms with Crippen LogP contribution in [0, 0.1) is 0 Å². The van der Waals surface area contributed by atoms with E-state index in [4.69, 9.17) is 11.6 Å². The molecular weight excluding hydrogens is 272 g/mol. The SMILES string of the molecule is C[Si](C(=O)CCCl)(c1ccccc1)c1ccccc1. The van der Waals surface area contributed by atoms with Gasteiger partial charge in [0.25, 0.3) is 0 Å². The summed E-state index contributed by atoms with van der Waals surface area (Å²) in [6.07, 6.45) is 0.439. The Bertz CT molecular complexity index is 500. The fourth-order valence-electron chi connectivity index (χ4n) is 2.37. The first-order valence-electron chi connectivity index (χ1n) is 6.40. The Balaban J connectivity index is 2.54. The maximum atomic E-state index is 12.6. The summed E-state index contributed by atoms with van der Waals surface area (Å²) in [6.45, 7) is 2.12. The van der Waals surface area contributed by atoms with Crippen LogP contribution in [0.1, 0.15) is 6.42 Å². The maximum Gasteiger partial charge on any atom is 0.190 e. The molecule has 2 aromatic rings. The van der Waals surface area contributed by atoms with Crippen molar-refractivity contribution in [1.82, 2.24) is 0 Å². The summed E-state index contributed by atoms with van der Waals surface area (Å²) in [6, 6.07) is 20.2. The van der Waals surface area contributed by atoms with E-state index in [0.29, 0.717) is 17.7 Å². The zero-order valence-corrected chi connectivity index (χ0v) is 12.7. The van der Waals surface area contributed by atoms with Crippen LogP contribution in [-0.2, 0) is 4.79 Å². The van der Waals surface area contributed by atoms with Crippen LogP contribution in [0.4, 0.5) is 0 Å². The Labute approximate surface area is 120 Å². The third-order valence-corrected chi connectivity index (χ3v) is 8.11. The van der Waals surface area contributed by atoms with Crippen molar-refractivity contribution in [3.8, 4) is 0 Å². The zero-order chi connectivity index (χ0) is 13.7. The van der Waals surface area contributed by atoms with E-state index in [1.807, 2.05) is 36.4 Å². The quantitative estimate of drug-likeness (QED) is 0.611. The molecule has 3 heteroatoms. The van der Waals surface area contributed by atoms with Gasteiger partial charge in [-0.25, -0.2) is 0 Å². The normalized spacial score (nSPS) is 11.3. The molecule has 0 spiro atoms. The molecule has 2 aromatic carbocycles. The van der Waals surface area contributed by atoms with Crippen molar-refractivity contribution in [1.29, 1.82) is 0 Å². The molecule has 0 fully saturated rings. The number of carbonyl (C=O) groups excluding carboxylic acids is 1. The first-order chi connectivity index (χ1) is 9.19. The molecule has 0 aromatic heterocycles. The van der Waals surface area contributed by atoms with Crippen molar-refractivity contribution in [3.63, 3.8) is 0 Å². The second-order valence-corrected chi connectivity index (χ2v) is 9.06. The van der Waals surface area contributed by atoms with Crippen LogP contribution < -0.4 is 10.4 Å². The van der Waals surface area contributed by atoms with Gasteiger partial charge in [-0.1, -0.05) is 67.2 Å². The molecule has 0 saturated heterocycles. The van der Waals surface area contributed by atoms with E-state index in [9.17, 15) is 4.79 Å². The molecule has 2 rings (SSSR count). The van der Waals surface area contributed by atoms with E-state index in [1.165, 1.54) is 0 Å². The van der Waals surface area contributed by atoms with Gasteiger partial charge in [0.15, 0.2) is 8.07 Å². The van der Waals surface area contributed by atoms with Gasteiger partial charge in [-0.15, -0.1) is 11.6 Å². The van der Waals surface area contributed by atoms with Crippen molar-refractivity contribution in [3.05, 3.63) is 60.7 Å². The van der Waals surface area contributed by atoms with Gasteiger partial charge in [0.1, 0.15) is 5.41 Å². The molecule has 19 heavy (non-hydrogen) atoms. The number of hydrogen-bond donors (Lipinski definition) is 0. The highest BCUT2D eigenvalue weighted by atomic mass is 35.5. The minimum Gasteiger partial charge on any atom is -0.304 e. The lowest BCUT2D eigenvalue weighted by Crippen LogP contribution is -2.62. The molecule has 98 valence electrons. The van der Waals surface area contributed by atoms with Gasteiger partial charge in [-0.2, -0.15) is 0 Å². The van der Waals surface area contributed by atoms with Crippen LogP contribution in [-0.4, -0.2) is 19.4 Å². The topological polar surface area (TPSA) is 17.1 Å². The monoisotopic (exact) mass is 288 g/mol. The first-order valence-corrected chi connectivity index (χ1v) is 9.43. The summed E-state index contributed by atoms with van der Waals surface area (Å²) in [5.74, 6) is 0.390. The Morgan fingerprint density at radius 3 is 1.74 bits per heavy atom. The molecule has 0 unspecified atom stereocenters. The molecule has 0 atom stereocenters. The predicted octanol–water partition coefficient (Wildman–Crippen LogP) is 2.62. The van der Waals surface area contributed by atoms with Gasteiger partial charge in [0, 0.05) is 12.3 Å². The van der Waals surface area contributed by atoms with Gasteiger partial charge in [-0.05, 0) is 10.4 Å². The van der Waals surface area contributed by atoms with Crippen LogP contribution in [0.2, 0.25) is 6.55 Å². The number of carbonyl (C=O) groups is 1. The molecule has 0 aliphatic rings. The lowest BCUT2D eigenvalue weighted by Gasteiger charge is -2.26. The number of hydrogen-bond acceptors (Lipinski definition) is 1. The van der Waals surface area contributed by atoms with Crippen LogP contribution in [0.5, 0.6) is 0 Å². The van der Waals surface area contributed by atoms with Crippen molar-refractivity contribution in [2.45, 2.75) is 13.0 Å². The van der Waals surface area contributed by atoms with Crippen molar-refractivity contribution in [2.75, 3.05) is 5.88 Å². The highest BCUT2D eigenvalue weighted by Crippen LogP contribution is 2.10. The molecule has 0 amide bonds. The lowest BCUT2D eigenvalue weighted by molar-refractivity contribution is -0.112. The molecule has 1 nitrogen and oxygen atoms in total. The molecular formula is C16H17ClOSi. The van der Waals surface area contributed by atoms with E-state index in [2.05, 4.69) is 30.8 Å². The first kappa shape index (κ1) is 14.0. The fraction of sp³-hybridized carbons (Fsp3) is 0.188. The largest absolute Gasteiger partial charge is 0.304 e. The summed E-state index contributed by atoms with van der Waals surface area (Å²) in [5, 5.41) is 2.59. The second-order valence-electron chi connectivity index (χ2n) is 4.72. The number of rotatable bonds is 5. The summed E-state index contributed by atoms with van der Waals surface area (Å²) >= 11 is 5.78. The fourth-order valence-corrected chi connectivity index (χ4v) is 6.02. The third-order valence-electron chi connectivity index (χ3n) is 3.58. The van der Waals surface area contributed by atoms with Gasteiger partial charge in [-0.3, -0.25) is 0 Å². The average molecular weight is 289 g/mol. The Morgan fingerprint density at radius 1 is 0.947 bits per heavy atom. The minimum atomic E-state index is -2.35. The Hall–Kier alpha value is -1.38. The van der Waals surface area contributed by atoms with E-state index in [1.54, 1.807) is 0 Å². The van der Waals surface area contributed by atoms with E-state index < -0.39 is 8.07 Å². The Kier molecular flexibility index (Phi) is 4.56. The maximum absolute atomic E-state index is 12.6.